The molecule has 7 heteroatoms. The number of nitrogens with one attached hydrogen (secondary N) is 3. The van der Waals surface area contributed by atoms with Gasteiger partial charge in [0.15, 0.2) is 0 Å². The Morgan fingerprint density at radius 1 is 1.31 bits per heavy atom. The summed E-state index contributed by atoms with van der Waals surface area (Å²) < 4.78 is 0. The third-order valence-corrected chi connectivity index (χ3v) is 2.44. The van der Waals surface area contributed by atoms with Crippen LogP contribution in [0.3, 0.4) is 0 Å². The van der Waals surface area contributed by atoms with Crippen molar-refractivity contribution < 1.29 is 4.79 Å². The van der Waals surface area contributed by atoms with Crippen molar-refractivity contribution >= 4 is 40.7 Å². The summed E-state index contributed by atoms with van der Waals surface area (Å²) in [5, 5.41) is 8.91. The van der Waals surface area contributed by atoms with E-state index < -0.39 is 0 Å². The summed E-state index contributed by atoms with van der Waals surface area (Å²) in [6, 6.07) is 1.56. The third kappa shape index (κ3) is 3.15. The highest BCUT2D eigenvalue weighted by molar-refractivity contribution is 6.37. The van der Waals surface area contributed by atoms with E-state index in [1.165, 1.54) is 0 Å². The zero-order valence-corrected chi connectivity index (χ0v) is 10.4. The number of carbonyl (C=O) groups excluding carboxylic acids is 1. The molecular weight excluding hydrogens is 251 g/mol. The summed E-state index contributed by atoms with van der Waals surface area (Å²) >= 11 is 11.8. The minimum absolute atomic E-state index is 0.105. The maximum atomic E-state index is 11.0. The van der Waals surface area contributed by atoms with Gasteiger partial charge in [-0.1, -0.05) is 23.2 Å². The number of likely N-dealkylation sites (N-methyl/N-ethyl adjacent to an activating group) is 1. The molecule has 0 aliphatic rings. The van der Waals surface area contributed by atoms with Crippen molar-refractivity contribution in [3.05, 3.63) is 16.1 Å². The van der Waals surface area contributed by atoms with Gasteiger partial charge in [0.25, 0.3) is 0 Å². The summed E-state index contributed by atoms with van der Waals surface area (Å²) in [5.41, 5.74) is 0. The fourth-order valence-corrected chi connectivity index (χ4v) is 1.54. The maximum absolute atomic E-state index is 11.0. The summed E-state index contributed by atoms with van der Waals surface area (Å²) in [6.45, 7) is 0.105. The van der Waals surface area contributed by atoms with Crippen LogP contribution in [-0.2, 0) is 4.79 Å². The summed E-state index contributed by atoms with van der Waals surface area (Å²) in [7, 11) is 3.25. The van der Waals surface area contributed by atoms with Crippen molar-refractivity contribution in [2.24, 2.45) is 0 Å². The number of hydrogen-bond acceptors (Lipinski definition) is 4. The Morgan fingerprint density at radius 3 is 2.50 bits per heavy atom. The van der Waals surface area contributed by atoms with Gasteiger partial charge >= 0.3 is 0 Å². The number of pyridine rings is 1. The number of anilines is 2. The molecule has 0 spiro atoms. The molecule has 1 heterocycles. The van der Waals surface area contributed by atoms with Crippen molar-refractivity contribution in [1.82, 2.24) is 10.3 Å². The second-order valence-corrected chi connectivity index (χ2v) is 3.74. The van der Waals surface area contributed by atoms with Crippen LogP contribution in [-0.4, -0.2) is 31.5 Å². The lowest BCUT2D eigenvalue weighted by Gasteiger charge is -2.09. The standard InChI is InChI=1S/C9H12Cl2N4O/c1-12-7(16)4-14-9-6(11)3-5(10)8(13-2)15-9/h3H,4H2,1-2H3,(H,12,16)(H2,13,14,15). The first-order valence-electron chi connectivity index (χ1n) is 4.56. The van der Waals surface area contributed by atoms with Crippen molar-refractivity contribution in [3.63, 3.8) is 0 Å². The van der Waals surface area contributed by atoms with Crippen LogP contribution in [0.2, 0.25) is 10.0 Å². The minimum atomic E-state index is -0.154. The minimum Gasteiger partial charge on any atom is -0.372 e. The van der Waals surface area contributed by atoms with E-state index in [1.54, 1.807) is 20.2 Å². The summed E-state index contributed by atoms with van der Waals surface area (Å²) in [5.74, 6) is 0.767. The quantitative estimate of drug-likeness (QED) is 0.771. The molecule has 0 unspecified atom stereocenters. The van der Waals surface area contributed by atoms with Gasteiger partial charge in [0.1, 0.15) is 11.6 Å². The lowest BCUT2D eigenvalue weighted by molar-refractivity contribution is -0.118. The molecule has 16 heavy (non-hydrogen) atoms. The van der Waals surface area contributed by atoms with Crippen LogP contribution in [0.15, 0.2) is 6.07 Å². The average molecular weight is 263 g/mol. The third-order valence-electron chi connectivity index (χ3n) is 1.86. The number of rotatable bonds is 4. The number of amides is 1. The predicted octanol–water partition coefficient (Wildman–Crippen LogP) is 1.59. The van der Waals surface area contributed by atoms with Crippen LogP contribution in [0.25, 0.3) is 0 Å². The zero-order valence-electron chi connectivity index (χ0n) is 8.90. The normalized spacial score (nSPS) is 9.75. The predicted molar refractivity (Wildman–Crippen MR) is 66.4 cm³/mol. The van der Waals surface area contributed by atoms with E-state index in [0.29, 0.717) is 21.7 Å². The van der Waals surface area contributed by atoms with Gasteiger partial charge in [-0.2, -0.15) is 0 Å². The highest BCUT2D eigenvalue weighted by Gasteiger charge is 2.08. The number of aromatic nitrogens is 1. The molecule has 0 aromatic carbocycles. The zero-order chi connectivity index (χ0) is 12.1. The molecule has 0 radical (unpaired) electrons. The molecular formula is C9H12Cl2N4O. The van der Waals surface area contributed by atoms with Crippen LogP contribution in [0, 0.1) is 0 Å². The van der Waals surface area contributed by atoms with E-state index in [4.69, 9.17) is 23.2 Å². The molecule has 1 aromatic heterocycles. The van der Waals surface area contributed by atoms with E-state index in [1.807, 2.05) is 0 Å². The van der Waals surface area contributed by atoms with Crippen LogP contribution in [0.1, 0.15) is 0 Å². The molecule has 0 saturated heterocycles. The maximum Gasteiger partial charge on any atom is 0.239 e. The molecule has 1 aromatic rings. The summed E-state index contributed by atoms with van der Waals surface area (Å²) in [4.78, 5) is 15.2. The Morgan fingerprint density at radius 2 is 1.94 bits per heavy atom. The van der Waals surface area contributed by atoms with Gasteiger partial charge in [-0.15, -0.1) is 0 Å². The van der Waals surface area contributed by atoms with Crippen LogP contribution in [0.4, 0.5) is 11.6 Å². The number of nitrogens with zero attached hydrogens (tertiary/aromatic N) is 1. The SMILES string of the molecule is CNC(=O)CNc1nc(NC)c(Cl)cc1Cl. The van der Waals surface area contributed by atoms with Gasteiger partial charge in [-0.3, -0.25) is 4.79 Å². The largest absolute Gasteiger partial charge is 0.372 e. The molecule has 0 aliphatic heterocycles. The van der Waals surface area contributed by atoms with Crippen molar-refractivity contribution in [2.45, 2.75) is 0 Å². The van der Waals surface area contributed by atoms with Crippen LogP contribution < -0.4 is 16.0 Å². The van der Waals surface area contributed by atoms with Gasteiger partial charge in [0.2, 0.25) is 5.91 Å². The van der Waals surface area contributed by atoms with E-state index in [-0.39, 0.29) is 12.5 Å². The van der Waals surface area contributed by atoms with Crippen LogP contribution >= 0.6 is 23.2 Å². The van der Waals surface area contributed by atoms with Gasteiger partial charge < -0.3 is 16.0 Å². The molecule has 0 saturated carbocycles. The summed E-state index contributed by atoms with van der Waals surface area (Å²) in [6.07, 6.45) is 0. The molecule has 3 N–H and O–H groups in total. The first-order valence-corrected chi connectivity index (χ1v) is 5.32. The fourth-order valence-electron chi connectivity index (χ4n) is 1.02. The fraction of sp³-hybridized carbons (Fsp3) is 0.333. The van der Waals surface area contributed by atoms with E-state index in [0.717, 1.165) is 0 Å². The van der Waals surface area contributed by atoms with Crippen molar-refractivity contribution in [1.29, 1.82) is 0 Å². The first kappa shape index (κ1) is 12.9. The number of hydrogen-bond donors (Lipinski definition) is 3. The molecule has 1 amide bonds. The van der Waals surface area contributed by atoms with E-state index in [2.05, 4.69) is 20.9 Å². The molecule has 0 bridgehead atoms. The highest BCUT2D eigenvalue weighted by atomic mass is 35.5. The monoisotopic (exact) mass is 262 g/mol. The Labute approximate surface area is 104 Å². The van der Waals surface area contributed by atoms with Gasteiger partial charge in [-0.25, -0.2) is 4.98 Å². The molecule has 1 rings (SSSR count). The average Bonchev–Trinajstić information content (AvgIpc) is 2.27. The van der Waals surface area contributed by atoms with Gasteiger partial charge in [0.05, 0.1) is 16.6 Å². The molecule has 0 atom stereocenters. The lowest BCUT2D eigenvalue weighted by atomic mass is 10.4. The highest BCUT2D eigenvalue weighted by Crippen LogP contribution is 2.28. The Balaban J connectivity index is 2.83. The molecule has 0 aliphatic carbocycles. The Bertz CT molecular complexity index is 397. The smallest absolute Gasteiger partial charge is 0.239 e. The Hall–Kier alpha value is -1.20. The molecule has 0 fully saturated rings. The lowest BCUT2D eigenvalue weighted by Crippen LogP contribution is -2.26. The second-order valence-electron chi connectivity index (χ2n) is 2.93. The van der Waals surface area contributed by atoms with Crippen molar-refractivity contribution in [2.75, 3.05) is 31.3 Å². The topological polar surface area (TPSA) is 66.0 Å². The number of halogens is 2. The van der Waals surface area contributed by atoms with Gasteiger partial charge in [0, 0.05) is 14.1 Å². The van der Waals surface area contributed by atoms with Crippen LogP contribution in [0.5, 0.6) is 0 Å². The molecule has 5 nitrogen and oxygen atoms in total. The van der Waals surface area contributed by atoms with Crippen molar-refractivity contribution in [3.8, 4) is 0 Å². The number of carbonyl (C=O) groups is 1. The van der Waals surface area contributed by atoms with Gasteiger partial charge in [-0.05, 0) is 6.07 Å². The molecule has 88 valence electrons. The van der Waals surface area contributed by atoms with E-state index in [9.17, 15) is 4.79 Å². The Kier molecular flexibility index (Phi) is 4.64. The second kappa shape index (κ2) is 5.77. The first-order chi connectivity index (χ1) is 7.58. The van der Waals surface area contributed by atoms with E-state index >= 15 is 0 Å².